The fourth-order valence-electron chi connectivity index (χ4n) is 1.43. The molecule has 0 saturated heterocycles. The number of carbonyl (C=O) groups excluding carboxylic acids is 1. The van der Waals surface area contributed by atoms with E-state index in [0.717, 1.165) is 11.4 Å². The maximum absolute atomic E-state index is 11.1. The van der Waals surface area contributed by atoms with Gasteiger partial charge in [0.25, 0.3) is 0 Å². The molecule has 88 valence electrons. The summed E-state index contributed by atoms with van der Waals surface area (Å²) in [6.45, 7) is 1.08. The number of nitrogens with zero attached hydrogens (tertiary/aromatic N) is 2. The largest absolute Gasteiger partial charge is 0.359 e. The third-order valence-corrected chi connectivity index (χ3v) is 2.40. The molecule has 0 aromatic carbocycles. The zero-order chi connectivity index (χ0) is 12.0. The Balaban J connectivity index is 2.65. The lowest BCUT2D eigenvalue weighted by Gasteiger charge is -2.20. The van der Waals surface area contributed by atoms with Crippen molar-refractivity contribution in [3.8, 4) is 0 Å². The van der Waals surface area contributed by atoms with Crippen molar-refractivity contribution in [3.05, 3.63) is 23.9 Å². The van der Waals surface area contributed by atoms with Crippen LogP contribution in [0.5, 0.6) is 0 Å². The van der Waals surface area contributed by atoms with Crippen LogP contribution >= 0.6 is 0 Å². The van der Waals surface area contributed by atoms with Gasteiger partial charge < -0.3 is 16.0 Å². The highest BCUT2D eigenvalue weighted by Crippen LogP contribution is 2.14. The quantitative estimate of drug-likeness (QED) is 0.742. The molecule has 0 aliphatic heterocycles. The lowest BCUT2D eigenvalue weighted by molar-refractivity contribution is -0.120. The van der Waals surface area contributed by atoms with Gasteiger partial charge >= 0.3 is 0 Å². The van der Waals surface area contributed by atoms with E-state index in [2.05, 4.69) is 10.3 Å². The second kappa shape index (κ2) is 6.07. The predicted octanol–water partition coefficient (Wildman–Crippen LogP) is 0.113. The number of hydrogen-bond donors (Lipinski definition) is 2. The standard InChI is InChI=1S/C11H18N4O/c1-13-10(16)5-7-15(2)11-9(8-12)4-3-6-14-11/h3-4,6H,5,7-8,12H2,1-2H3,(H,13,16). The SMILES string of the molecule is CNC(=O)CCN(C)c1ncccc1CN. The van der Waals surface area contributed by atoms with E-state index in [1.165, 1.54) is 0 Å². The van der Waals surface area contributed by atoms with Crippen molar-refractivity contribution in [3.63, 3.8) is 0 Å². The number of amides is 1. The van der Waals surface area contributed by atoms with E-state index >= 15 is 0 Å². The average molecular weight is 222 g/mol. The van der Waals surface area contributed by atoms with E-state index in [4.69, 9.17) is 5.73 Å². The molecule has 0 bridgehead atoms. The van der Waals surface area contributed by atoms with Gasteiger partial charge in [-0.15, -0.1) is 0 Å². The van der Waals surface area contributed by atoms with Gasteiger partial charge in [-0.2, -0.15) is 0 Å². The highest BCUT2D eigenvalue weighted by molar-refractivity contribution is 5.76. The van der Waals surface area contributed by atoms with E-state index < -0.39 is 0 Å². The summed E-state index contributed by atoms with van der Waals surface area (Å²) >= 11 is 0. The van der Waals surface area contributed by atoms with Gasteiger partial charge in [0, 0.05) is 45.4 Å². The summed E-state index contributed by atoms with van der Waals surface area (Å²) in [5.74, 6) is 0.867. The topological polar surface area (TPSA) is 71.2 Å². The Bertz CT molecular complexity index is 354. The van der Waals surface area contributed by atoms with Crippen LogP contribution in [0, 0.1) is 0 Å². The molecule has 0 atom stereocenters. The minimum atomic E-state index is 0.0251. The maximum atomic E-state index is 11.1. The van der Waals surface area contributed by atoms with Crippen molar-refractivity contribution in [2.45, 2.75) is 13.0 Å². The summed E-state index contributed by atoms with van der Waals surface area (Å²) in [6.07, 6.45) is 2.18. The summed E-state index contributed by atoms with van der Waals surface area (Å²) in [7, 11) is 3.54. The van der Waals surface area contributed by atoms with E-state index in [1.807, 2.05) is 24.1 Å². The van der Waals surface area contributed by atoms with Crippen molar-refractivity contribution in [2.75, 3.05) is 25.5 Å². The van der Waals surface area contributed by atoms with Crippen molar-refractivity contribution in [1.82, 2.24) is 10.3 Å². The Morgan fingerprint density at radius 3 is 3.00 bits per heavy atom. The third kappa shape index (κ3) is 3.20. The maximum Gasteiger partial charge on any atom is 0.221 e. The minimum absolute atomic E-state index is 0.0251. The number of aromatic nitrogens is 1. The molecule has 0 saturated carbocycles. The van der Waals surface area contributed by atoms with Gasteiger partial charge in [0.2, 0.25) is 5.91 Å². The van der Waals surface area contributed by atoms with Crippen LogP contribution in [-0.4, -0.2) is 31.5 Å². The molecule has 0 aliphatic rings. The van der Waals surface area contributed by atoms with Crippen molar-refractivity contribution >= 4 is 11.7 Å². The average Bonchev–Trinajstić information content (AvgIpc) is 2.35. The summed E-state index contributed by atoms with van der Waals surface area (Å²) < 4.78 is 0. The molecule has 0 unspecified atom stereocenters. The minimum Gasteiger partial charge on any atom is -0.359 e. The molecule has 5 nitrogen and oxygen atoms in total. The Labute approximate surface area is 95.7 Å². The molecule has 0 radical (unpaired) electrons. The van der Waals surface area contributed by atoms with E-state index in [9.17, 15) is 4.79 Å². The third-order valence-electron chi connectivity index (χ3n) is 2.40. The van der Waals surface area contributed by atoms with Crippen LogP contribution in [0.15, 0.2) is 18.3 Å². The number of nitrogens with one attached hydrogen (secondary N) is 1. The number of pyridine rings is 1. The highest BCUT2D eigenvalue weighted by Gasteiger charge is 2.08. The van der Waals surface area contributed by atoms with Gasteiger partial charge in [-0.05, 0) is 6.07 Å². The first kappa shape index (κ1) is 12.4. The van der Waals surface area contributed by atoms with Gasteiger partial charge in [-0.1, -0.05) is 6.07 Å². The Morgan fingerprint density at radius 1 is 1.62 bits per heavy atom. The second-order valence-corrected chi connectivity index (χ2v) is 3.53. The van der Waals surface area contributed by atoms with Crippen LogP contribution in [0.2, 0.25) is 0 Å². The summed E-state index contributed by atoms with van der Waals surface area (Å²) in [5.41, 5.74) is 6.61. The molecule has 1 aromatic rings. The molecule has 1 aromatic heterocycles. The van der Waals surface area contributed by atoms with Gasteiger partial charge in [0.1, 0.15) is 5.82 Å². The summed E-state index contributed by atoms with van der Waals surface area (Å²) in [5, 5.41) is 2.59. The molecule has 1 heterocycles. The van der Waals surface area contributed by atoms with Crippen LogP contribution < -0.4 is 16.0 Å². The van der Waals surface area contributed by atoms with E-state index in [1.54, 1.807) is 13.2 Å². The molecule has 0 aliphatic carbocycles. The monoisotopic (exact) mass is 222 g/mol. The van der Waals surface area contributed by atoms with Gasteiger partial charge in [0.15, 0.2) is 0 Å². The molecule has 0 spiro atoms. The first-order valence-corrected chi connectivity index (χ1v) is 5.24. The number of anilines is 1. The molecular weight excluding hydrogens is 204 g/mol. The van der Waals surface area contributed by atoms with Crippen LogP contribution in [0.25, 0.3) is 0 Å². The smallest absolute Gasteiger partial charge is 0.221 e. The van der Waals surface area contributed by atoms with Gasteiger partial charge in [-0.25, -0.2) is 4.98 Å². The number of nitrogens with two attached hydrogens (primary N) is 1. The molecule has 0 fully saturated rings. The predicted molar refractivity (Wildman–Crippen MR) is 64.1 cm³/mol. The van der Waals surface area contributed by atoms with Crippen molar-refractivity contribution in [2.24, 2.45) is 5.73 Å². The Hall–Kier alpha value is -1.62. The van der Waals surface area contributed by atoms with Crippen LogP contribution in [-0.2, 0) is 11.3 Å². The van der Waals surface area contributed by atoms with Gasteiger partial charge in [-0.3, -0.25) is 4.79 Å². The second-order valence-electron chi connectivity index (χ2n) is 3.53. The number of rotatable bonds is 5. The first-order valence-electron chi connectivity index (χ1n) is 5.24. The normalized spacial score (nSPS) is 9.94. The number of hydrogen-bond acceptors (Lipinski definition) is 4. The lowest BCUT2D eigenvalue weighted by Crippen LogP contribution is -2.27. The summed E-state index contributed by atoms with van der Waals surface area (Å²) in [4.78, 5) is 17.3. The van der Waals surface area contributed by atoms with E-state index in [0.29, 0.717) is 19.5 Å². The summed E-state index contributed by atoms with van der Waals surface area (Å²) in [6, 6.07) is 3.80. The van der Waals surface area contributed by atoms with Gasteiger partial charge in [0.05, 0.1) is 0 Å². The fourth-order valence-corrected chi connectivity index (χ4v) is 1.43. The van der Waals surface area contributed by atoms with E-state index in [-0.39, 0.29) is 5.91 Å². The highest BCUT2D eigenvalue weighted by atomic mass is 16.1. The molecule has 16 heavy (non-hydrogen) atoms. The molecule has 5 heteroatoms. The van der Waals surface area contributed by atoms with Crippen molar-refractivity contribution in [1.29, 1.82) is 0 Å². The zero-order valence-corrected chi connectivity index (χ0v) is 9.73. The Kier molecular flexibility index (Phi) is 4.72. The molecular formula is C11H18N4O. The van der Waals surface area contributed by atoms with Crippen molar-refractivity contribution < 1.29 is 4.79 Å². The van der Waals surface area contributed by atoms with Crippen LogP contribution in [0.4, 0.5) is 5.82 Å². The van der Waals surface area contributed by atoms with Crippen LogP contribution in [0.3, 0.4) is 0 Å². The number of carbonyl (C=O) groups is 1. The lowest BCUT2D eigenvalue weighted by atomic mass is 10.2. The molecule has 1 amide bonds. The fraction of sp³-hybridized carbons (Fsp3) is 0.455. The zero-order valence-electron chi connectivity index (χ0n) is 9.73. The molecule has 1 rings (SSSR count). The van der Waals surface area contributed by atoms with Crippen LogP contribution in [0.1, 0.15) is 12.0 Å². The first-order chi connectivity index (χ1) is 7.69. The Morgan fingerprint density at radius 2 is 2.38 bits per heavy atom. The molecule has 3 N–H and O–H groups in total.